The Morgan fingerprint density at radius 3 is 2.53 bits per heavy atom. The number of hydrogen-bond acceptors (Lipinski definition) is 6. The topological polar surface area (TPSA) is 96.4 Å². The molecule has 3 aliphatic rings. The normalized spacial score (nSPS) is 32.8. The highest BCUT2D eigenvalue weighted by atomic mass is 79.9. The number of aliphatic hydroxyl groups is 1. The Hall–Kier alpha value is -1.71. The van der Waals surface area contributed by atoms with Gasteiger partial charge in [0, 0.05) is 17.4 Å². The molecule has 0 radical (unpaired) electrons. The van der Waals surface area contributed by atoms with Gasteiger partial charge >= 0.3 is 5.97 Å². The van der Waals surface area contributed by atoms with Crippen LogP contribution in [-0.2, 0) is 23.9 Å². The maximum absolute atomic E-state index is 14.1. The minimum absolute atomic E-state index is 0.110. The largest absolute Gasteiger partial charge is 0.465 e. The first-order valence-corrected chi connectivity index (χ1v) is 12.9. The average Bonchev–Trinajstić information content (AvgIpc) is 3.36. The molecule has 7 atom stereocenters. The molecule has 3 fully saturated rings. The Labute approximate surface area is 210 Å². The number of esters is 1. The minimum atomic E-state index is -1.17. The van der Waals surface area contributed by atoms with Gasteiger partial charge in [-0.25, -0.2) is 0 Å². The van der Waals surface area contributed by atoms with Gasteiger partial charge in [-0.1, -0.05) is 41.9 Å². The molecule has 3 heterocycles. The van der Waals surface area contributed by atoms with Crippen molar-refractivity contribution in [3.63, 3.8) is 0 Å². The zero-order valence-corrected chi connectivity index (χ0v) is 22.1. The molecule has 0 saturated carbocycles. The predicted octanol–water partition coefficient (Wildman–Crippen LogP) is 2.29. The van der Waals surface area contributed by atoms with E-state index in [1.807, 2.05) is 27.7 Å². The van der Waals surface area contributed by atoms with Gasteiger partial charge in [-0.15, -0.1) is 13.2 Å². The van der Waals surface area contributed by atoms with Crippen molar-refractivity contribution >= 4 is 33.7 Å². The van der Waals surface area contributed by atoms with Crippen LogP contribution in [0.1, 0.15) is 40.5 Å². The van der Waals surface area contributed by atoms with E-state index in [-0.39, 0.29) is 41.8 Å². The first-order valence-electron chi connectivity index (χ1n) is 12.0. The molecular formula is C25H37BrN2O6. The third kappa shape index (κ3) is 4.24. The molecule has 9 heteroatoms. The summed E-state index contributed by atoms with van der Waals surface area (Å²) in [4.78, 5) is 44.2. The fourth-order valence-corrected chi connectivity index (χ4v) is 6.73. The van der Waals surface area contributed by atoms with E-state index in [2.05, 4.69) is 29.1 Å². The number of rotatable bonds is 11. The quantitative estimate of drug-likeness (QED) is 0.187. The molecule has 3 rings (SSSR count). The number of likely N-dealkylation sites (tertiary alicyclic amines) is 1. The van der Waals surface area contributed by atoms with Crippen molar-refractivity contribution in [1.82, 2.24) is 9.80 Å². The first kappa shape index (κ1) is 26.9. The lowest BCUT2D eigenvalue weighted by Crippen LogP contribution is -2.60. The van der Waals surface area contributed by atoms with Crippen molar-refractivity contribution in [3.8, 4) is 0 Å². The number of nitrogens with zero attached hydrogens (tertiary/aromatic N) is 2. The summed E-state index contributed by atoms with van der Waals surface area (Å²) in [6.45, 7) is 15.2. The summed E-state index contributed by atoms with van der Waals surface area (Å²) >= 11 is 3.64. The van der Waals surface area contributed by atoms with Crippen molar-refractivity contribution in [2.24, 2.45) is 17.8 Å². The Morgan fingerprint density at radius 1 is 1.32 bits per heavy atom. The standard InChI is InChI=1S/C25H37BrN2O6/c1-7-9-11-33-24(32)18-19-22(30)28(17(13-29)14(3)4)21(23(31)27(10-8-2)15(5)6)25(19)12-16(26)20(18)34-25/h7-8,14-21,29H,1-2,9-13H2,3-6H3/t16?,17-,18-,19-,20-,21?,25?/m0/s1. The fraction of sp³-hybridized carbons (Fsp3) is 0.720. The lowest BCUT2D eigenvalue weighted by Gasteiger charge is -2.41. The molecule has 2 bridgehead atoms. The van der Waals surface area contributed by atoms with E-state index >= 15 is 0 Å². The molecule has 1 N–H and O–H groups in total. The van der Waals surface area contributed by atoms with Gasteiger partial charge in [-0.05, 0) is 32.6 Å². The number of hydrogen-bond donors (Lipinski definition) is 1. The molecule has 0 aliphatic carbocycles. The van der Waals surface area contributed by atoms with Crippen LogP contribution in [0.3, 0.4) is 0 Å². The predicted molar refractivity (Wildman–Crippen MR) is 131 cm³/mol. The van der Waals surface area contributed by atoms with E-state index in [1.54, 1.807) is 17.1 Å². The van der Waals surface area contributed by atoms with Gasteiger partial charge in [0.05, 0.1) is 37.2 Å². The molecule has 190 valence electrons. The number of fused-ring (bicyclic) bond motifs is 1. The number of ether oxygens (including phenoxy) is 2. The summed E-state index contributed by atoms with van der Waals surface area (Å²) in [6.07, 6.45) is 3.66. The number of halogens is 1. The fourth-order valence-electron chi connectivity index (χ4n) is 5.78. The van der Waals surface area contributed by atoms with Gasteiger partial charge < -0.3 is 24.4 Å². The molecule has 0 aromatic rings. The Morgan fingerprint density at radius 2 is 2.00 bits per heavy atom. The third-order valence-electron chi connectivity index (χ3n) is 7.35. The zero-order chi connectivity index (χ0) is 25.4. The number of alkyl halides is 1. The summed E-state index contributed by atoms with van der Waals surface area (Å²) in [7, 11) is 0. The van der Waals surface area contributed by atoms with Crippen LogP contribution in [0, 0.1) is 17.8 Å². The van der Waals surface area contributed by atoms with E-state index in [0.29, 0.717) is 19.4 Å². The number of carbonyl (C=O) groups is 3. The molecule has 3 unspecified atom stereocenters. The molecule has 0 aromatic heterocycles. The van der Waals surface area contributed by atoms with Gasteiger partial charge in [0.1, 0.15) is 11.6 Å². The SMILES string of the molecule is C=CCCOC(=O)[C@H]1[C@H]2C(=O)N([C@@H](CO)C(C)C)C(C(=O)N(CC=C)C(C)C)C23CC(Br)[C@@H]1O3. The maximum atomic E-state index is 14.1. The summed E-state index contributed by atoms with van der Waals surface area (Å²) in [6, 6.07) is -1.68. The molecule has 34 heavy (non-hydrogen) atoms. The van der Waals surface area contributed by atoms with Gasteiger partial charge in [-0.3, -0.25) is 14.4 Å². The van der Waals surface area contributed by atoms with Crippen LogP contribution in [0.15, 0.2) is 25.3 Å². The van der Waals surface area contributed by atoms with Gasteiger partial charge in [0.2, 0.25) is 11.8 Å². The van der Waals surface area contributed by atoms with Crippen molar-refractivity contribution < 1.29 is 29.0 Å². The van der Waals surface area contributed by atoms with Crippen LogP contribution in [0.4, 0.5) is 0 Å². The van der Waals surface area contributed by atoms with Crippen molar-refractivity contribution in [3.05, 3.63) is 25.3 Å². The smallest absolute Gasteiger partial charge is 0.312 e. The van der Waals surface area contributed by atoms with Crippen LogP contribution in [0.2, 0.25) is 0 Å². The lowest BCUT2D eigenvalue weighted by molar-refractivity contribution is -0.157. The van der Waals surface area contributed by atoms with E-state index in [4.69, 9.17) is 9.47 Å². The summed E-state index contributed by atoms with van der Waals surface area (Å²) in [5.41, 5.74) is -1.17. The van der Waals surface area contributed by atoms with Crippen LogP contribution < -0.4 is 0 Å². The Bertz CT molecular complexity index is 832. The number of aliphatic hydroxyl groups excluding tert-OH is 1. The van der Waals surface area contributed by atoms with E-state index in [0.717, 1.165) is 0 Å². The summed E-state index contributed by atoms with van der Waals surface area (Å²) < 4.78 is 11.9. The van der Waals surface area contributed by atoms with Crippen LogP contribution >= 0.6 is 15.9 Å². The lowest BCUT2D eigenvalue weighted by atomic mass is 9.70. The number of amides is 2. The monoisotopic (exact) mass is 540 g/mol. The highest BCUT2D eigenvalue weighted by Gasteiger charge is 2.77. The average molecular weight is 541 g/mol. The van der Waals surface area contributed by atoms with Crippen molar-refractivity contribution in [2.45, 2.75) is 75.2 Å². The van der Waals surface area contributed by atoms with E-state index < -0.39 is 41.6 Å². The van der Waals surface area contributed by atoms with E-state index in [1.165, 1.54) is 4.90 Å². The van der Waals surface area contributed by atoms with Gasteiger partial charge in [-0.2, -0.15) is 0 Å². The van der Waals surface area contributed by atoms with Crippen LogP contribution in [0.5, 0.6) is 0 Å². The highest BCUT2D eigenvalue weighted by Crippen LogP contribution is 2.61. The Kier molecular flexibility index (Phi) is 8.30. The second-order valence-electron chi connectivity index (χ2n) is 10.0. The molecule has 3 aliphatic heterocycles. The van der Waals surface area contributed by atoms with Gasteiger partial charge in [0.15, 0.2) is 0 Å². The molecule has 2 amide bonds. The third-order valence-corrected chi connectivity index (χ3v) is 8.19. The summed E-state index contributed by atoms with van der Waals surface area (Å²) in [5, 5.41) is 10.2. The van der Waals surface area contributed by atoms with Gasteiger partial charge in [0.25, 0.3) is 0 Å². The maximum Gasteiger partial charge on any atom is 0.312 e. The molecule has 0 aromatic carbocycles. The van der Waals surface area contributed by atoms with Crippen molar-refractivity contribution in [1.29, 1.82) is 0 Å². The summed E-state index contributed by atoms with van der Waals surface area (Å²) in [5.74, 6) is -2.87. The second kappa shape index (κ2) is 10.5. The minimum Gasteiger partial charge on any atom is -0.465 e. The highest BCUT2D eigenvalue weighted by molar-refractivity contribution is 9.09. The number of carbonyl (C=O) groups excluding carboxylic acids is 3. The molecule has 1 spiro atoms. The van der Waals surface area contributed by atoms with Crippen LogP contribution in [0.25, 0.3) is 0 Å². The molecular weight excluding hydrogens is 504 g/mol. The molecule has 3 saturated heterocycles. The van der Waals surface area contributed by atoms with Crippen LogP contribution in [-0.4, -0.2) is 87.1 Å². The van der Waals surface area contributed by atoms with Crippen molar-refractivity contribution in [2.75, 3.05) is 19.8 Å². The molecule has 8 nitrogen and oxygen atoms in total. The Balaban J connectivity index is 2.10. The zero-order valence-electron chi connectivity index (χ0n) is 20.5. The second-order valence-corrected chi connectivity index (χ2v) is 11.2. The van der Waals surface area contributed by atoms with E-state index in [9.17, 15) is 19.5 Å². The first-order chi connectivity index (χ1) is 16.1.